The van der Waals surface area contributed by atoms with E-state index in [1.54, 1.807) is 0 Å². The summed E-state index contributed by atoms with van der Waals surface area (Å²) in [6.45, 7) is 0.908. The normalized spacial score (nSPS) is 29.9. The number of ether oxygens (including phenoxy) is 2. The maximum atomic E-state index is 4.98. The Morgan fingerprint density at radius 1 is 1.71 bits per heavy atom. The van der Waals surface area contributed by atoms with E-state index in [4.69, 9.17) is 15.9 Å². The second-order valence-corrected chi connectivity index (χ2v) is 1.31. The van der Waals surface area contributed by atoms with Crippen molar-refractivity contribution in [3.05, 3.63) is 0 Å². The first-order chi connectivity index (χ1) is 3.43. The fourth-order valence-electron chi connectivity index (χ4n) is 0.430. The molecule has 0 N–H and O–H groups in total. The molecule has 1 aliphatic rings. The van der Waals surface area contributed by atoms with Crippen molar-refractivity contribution in [1.29, 1.82) is 0 Å². The fourth-order valence-corrected chi connectivity index (χ4v) is 0.430. The van der Waals surface area contributed by atoms with Gasteiger partial charge in [0, 0.05) is 0 Å². The minimum Gasteiger partial charge on any atom is -0.352 e. The number of hydrogen-bond acceptors (Lipinski definition) is 2. The molecule has 0 saturated carbocycles. The molecule has 0 aliphatic carbocycles. The molecule has 2 heteroatoms. The molecular formula is C5H6O2. The second kappa shape index (κ2) is 1.97. The molecule has 1 fully saturated rings. The molecule has 0 spiro atoms. The summed E-state index contributed by atoms with van der Waals surface area (Å²) in [7, 11) is 0. The van der Waals surface area contributed by atoms with Crippen LogP contribution in [0.15, 0.2) is 0 Å². The highest BCUT2D eigenvalue weighted by atomic mass is 16.7. The standard InChI is InChI=1S/C5H6O2/c1-2-5-3-6-4-7-5/h1,5H,3-4H2. The van der Waals surface area contributed by atoms with E-state index >= 15 is 0 Å². The van der Waals surface area contributed by atoms with Crippen LogP contribution in [0.2, 0.25) is 0 Å². The molecule has 1 heterocycles. The van der Waals surface area contributed by atoms with E-state index in [1.165, 1.54) is 0 Å². The minimum absolute atomic E-state index is 0.0972. The first-order valence-electron chi connectivity index (χ1n) is 2.09. The van der Waals surface area contributed by atoms with Gasteiger partial charge in [-0.15, -0.1) is 6.42 Å². The molecule has 1 rings (SSSR count). The van der Waals surface area contributed by atoms with Crippen molar-refractivity contribution in [2.45, 2.75) is 6.10 Å². The average molecular weight is 98.1 g/mol. The van der Waals surface area contributed by atoms with Crippen LogP contribution in [-0.4, -0.2) is 19.5 Å². The van der Waals surface area contributed by atoms with Gasteiger partial charge in [0.15, 0.2) is 0 Å². The highest BCUT2D eigenvalue weighted by Crippen LogP contribution is 1.99. The van der Waals surface area contributed by atoms with Crippen LogP contribution in [0, 0.1) is 12.3 Å². The average Bonchev–Trinajstić information content (AvgIpc) is 2.14. The monoisotopic (exact) mass is 98.0 g/mol. The maximum Gasteiger partial charge on any atom is 0.148 e. The topological polar surface area (TPSA) is 18.5 Å². The van der Waals surface area contributed by atoms with Gasteiger partial charge in [0.2, 0.25) is 0 Å². The second-order valence-electron chi connectivity index (χ2n) is 1.31. The predicted octanol–water partition coefficient (Wildman–Crippen LogP) is -0.00750. The summed E-state index contributed by atoms with van der Waals surface area (Å²) in [6.07, 6.45) is 4.88. The Morgan fingerprint density at radius 2 is 2.57 bits per heavy atom. The minimum atomic E-state index is -0.0972. The van der Waals surface area contributed by atoms with Crippen molar-refractivity contribution in [2.24, 2.45) is 0 Å². The van der Waals surface area contributed by atoms with Crippen LogP contribution >= 0.6 is 0 Å². The van der Waals surface area contributed by atoms with E-state index in [2.05, 4.69) is 5.92 Å². The SMILES string of the molecule is C#CC1COCO1. The summed E-state index contributed by atoms with van der Waals surface area (Å²) in [5, 5.41) is 0. The molecule has 0 amide bonds. The van der Waals surface area contributed by atoms with Crippen LogP contribution < -0.4 is 0 Å². The molecule has 1 atom stereocenters. The zero-order valence-corrected chi connectivity index (χ0v) is 3.89. The summed E-state index contributed by atoms with van der Waals surface area (Å²) < 4.78 is 9.63. The van der Waals surface area contributed by atoms with Gasteiger partial charge in [-0.1, -0.05) is 5.92 Å². The molecule has 0 radical (unpaired) electrons. The molecular weight excluding hydrogens is 92.1 g/mol. The molecule has 1 aliphatic heterocycles. The fraction of sp³-hybridized carbons (Fsp3) is 0.600. The van der Waals surface area contributed by atoms with Gasteiger partial charge in [0.25, 0.3) is 0 Å². The highest BCUT2D eigenvalue weighted by Gasteiger charge is 2.10. The van der Waals surface area contributed by atoms with Crippen LogP contribution in [0.1, 0.15) is 0 Å². The molecule has 0 aromatic rings. The Balaban J connectivity index is 2.31. The van der Waals surface area contributed by atoms with Crippen LogP contribution in [0.3, 0.4) is 0 Å². The van der Waals surface area contributed by atoms with Crippen molar-refractivity contribution in [3.63, 3.8) is 0 Å². The van der Waals surface area contributed by atoms with Crippen molar-refractivity contribution in [1.82, 2.24) is 0 Å². The van der Waals surface area contributed by atoms with Gasteiger partial charge in [-0.05, 0) is 0 Å². The molecule has 0 aromatic heterocycles. The Kier molecular flexibility index (Phi) is 1.30. The lowest BCUT2D eigenvalue weighted by Gasteiger charge is -1.90. The maximum absolute atomic E-state index is 4.98. The third-order valence-electron chi connectivity index (χ3n) is 0.808. The summed E-state index contributed by atoms with van der Waals surface area (Å²) >= 11 is 0. The number of terminal acetylenes is 1. The molecule has 1 unspecified atom stereocenters. The van der Waals surface area contributed by atoms with Crippen LogP contribution in [0.25, 0.3) is 0 Å². The molecule has 1 saturated heterocycles. The predicted molar refractivity (Wildman–Crippen MR) is 24.5 cm³/mol. The molecule has 0 aromatic carbocycles. The van der Waals surface area contributed by atoms with Gasteiger partial charge in [0.1, 0.15) is 12.9 Å². The molecule has 38 valence electrons. The van der Waals surface area contributed by atoms with E-state index in [-0.39, 0.29) is 6.10 Å². The van der Waals surface area contributed by atoms with Crippen molar-refractivity contribution in [2.75, 3.05) is 13.4 Å². The smallest absolute Gasteiger partial charge is 0.148 e. The van der Waals surface area contributed by atoms with Gasteiger partial charge in [-0.2, -0.15) is 0 Å². The molecule has 7 heavy (non-hydrogen) atoms. The van der Waals surface area contributed by atoms with Gasteiger partial charge >= 0.3 is 0 Å². The Hall–Kier alpha value is -0.520. The van der Waals surface area contributed by atoms with E-state index in [0.717, 1.165) is 0 Å². The lowest BCUT2D eigenvalue weighted by molar-refractivity contribution is 0.0589. The zero-order valence-electron chi connectivity index (χ0n) is 3.89. The van der Waals surface area contributed by atoms with Crippen molar-refractivity contribution >= 4 is 0 Å². The third-order valence-corrected chi connectivity index (χ3v) is 0.808. The van der Waals surface area contributed by atoms with Gasteiger partial charge in [-0.25, -0.2) is 0 Å². The number of rotatable bonds is 0. The van der Waals surface area contributed by atoms with Gasteiger partial charge < -0.3 is 9.47 Å². The van der Waals surface area contributed by atoms with E-state index in [9.17, 15) is 0 Å². The summed E-state index contributed by atoms with van der Waals surface area (Å²) in [4.78, 5) is 0. The summed E-state index contributed by atoms with van der Waals surface area (Å²) in [5.41, 5.74) is 0. The van der Waals surface area contributed by atoms with Crippen LogP contribution in [-0.2, 0) is 9.47 Å². The highest BCUT2D eigenvalue weighted by molar-refractivity contribution is 4.95. The van der Waals surface area contributed by atoms with Crippen LogP contribution in [0.4, 0.5) is 0 Å². The quantitative estimate of drug-likeness (QED) is 0.397. The lowest BCUT2D eigenvalue weighted by atomic mass is 10.4. The first-order valence-corrected chi connectivity index (χ1v) is 2.09. The van der Waals surface area contributed by atoms with Crippen molar-refractivity contribution < 1.29 is 9.47 Å². The first kappa shape index (κ1) is 4.63. The number of hydrogen-bond donors (Lipinski definition) is 0. The van der Waals surface area contributed by atoms with E-state index in [0.29, 0.717) is 13.4 Å². The zero-order chi connectivity index (χ0) is 5.11. The van der Waals surface area contributed by atoms with E-state index < -0.39 is 0 Å². The Morgan fingerprint density at radius 3 is 2.86 bits per heavy atom. The largest absolute Gasteiger partial charge is 0.352 e. The van der Waals surface area contributed by atoms with Gasteiger partial charge in [0.05, 0.1) is 6.61 Å². The molecule has 0 bridgehead atoms. The Bertz CT molecular complexity index is 86.7. The lowest BCUT2D eigenvalue weighted by Crippen LogP contribution is -2.03. The summed E-state index contributed by atoms with van der Waals surface area (Å²) in [5.74, 6) is 2.42. The van der Waals surface area contributed by atoms with Gasteiger partial charge in [-0.3, -0.25) is 0 Å². The van der Waals surface area contributed by atoms with E-state index in [1.807, 2.05) is 0 Å². The molecule has 2 nitrogen and oxygen atoms in total. The Labute approximate surface area is 42.4 Å². The third kappa shape index (κ3) is 0.923. The van der Waals surface area contributed by atoms with Crippen LogP contribution in [0.5, 0.6) is 0 Å². The summed E-state index contributed by atoms with van der Waals surface area (Å²) in [6, 6.07) is 0. The van der Waals surface area contributed by atoms with Crippen molar-refractivity contribution in [3.8, 4) is 12.3 Å².